The molecule has 0 amide bonds. The van der Waals surface area contributed by atoms with E-state index in [4.69, 9.17) is 31.0 Å². The number of ether oxygens (including phenoxy) is 2. The van der Waals surface area contributed by atoms with E-state index in [0.29, 0.717) is 19.0 Å². The van der Waals surface area contributed by atoms with Crippen LogP contribution in [0, 0.1) is 5.41 Å². The number of allylic oxidation sites excluding steroid dienone is 3. The Balaban J connectivity index is 1.20. The quantitative estimate of drug-likeness (QED) is 0.458. The van der Waals surface area contributed by atoms with Crippen molar-refractivity contribution >= 4 is 34.2 Å². The van der Waals surface area contributed by atoms with E-state index in [1.165, 1.54) is 11.1 Å². The van der Waals surface area contributed by atoms with Crippen LogP contribution in [-0.4, -0.2) is 58.9 Å². The maximum Gasteiger partial charge on any atom is 0.227 e. The van der Waals surface area contributed by atoms with Crippen LogP contribution < -0.4 is 10.2 Å². The smallest absolute Gasteiger partial charge is 0.227 e. The minimum absolute atomic E-state index is 0.0270. The first kappa shape index (κ1) is 26.9. The highest BCUT2D eigenvalue weighted by atomic mass is 35.5. The van der Waals surface area contributed by atoms with Gasteiger partial charge in [0.1, 0.15) is 10.7 Å². The summed E-state index contributed by atoms with van der Waals surface area (Å²) >= 11 is 6.32. The van der Waals surface area contributed by atoms with Crippen LogP contribution in [0.25, 0.3) is 0 Å². The fraction of sp³-hybridized carbons (Fsp3) is 0.533. The largest absolute Gasteiger partial charge is 0.381 e. The second-order valence-corrected chi connectivity index (χ2v) is 13.0. The van der Waals surface area contributed by atoms with Gasteiger partial charge in [-0.2, -0.15) is 4.98 Å². The van der Waals surface area contributed by atoms with E-state index in [0.717, 1.165) is 98.6 Å². The molecule has 208 valence electrons. The van der Waals surface area contributed by atoms with Gasteiger partial charge in [0.2, 0.25) is 5.95 Å². The van der Waals surface area contributed by atoms with Crippen molar-refractivity contribution in [3.05, 3.63) is 64.3 Å². The van der Waals surface area contributed by atoms with Crippen molar-refractivity contribution in [2.45, 2.75) is 62.5 Å². The van der Waals surface area contributed by atoms with Crippen LogP contribution in [-0.2, 0) is 33.3 Å². The maximum atomic E-state index is 12.8. The topological polar surface area (TPSA) is 76.6 Å². The lowest BCUT2D eigenvalue weighted by molar-refractivity contribution is 0.0368. The van der Waals surface area contributed by atoms with Gasteiger partial charge in [0.15, 0.2) is 0 Å². The fourth-order valence-corrected chi connectivity index (χ4v) is 7.61. The molecule has 7 nitrogen and oxygen atoms in total. The summed E-state index contributed by atoms with van der Waals surface area (Å²) in [6.07, 6.45) is 10.7. The van der Waals surface area contributed by atoms with Crippen molar-refractivity contribution in [1.82, 2.24) is 9.97 Å². The van der Waals surface area contributed by atoms with Crippen LogP contribution >= 0.6 is 11.6 Å². The lowest BCUT2D eigenvalue weighted by atomic mass is 9.70. The Morgan fingerprint density at radius 2 is 1.87 bits per heavy atom. The predicted octanol–water partition coefficient (Wildman–Crippen LogP) is 5.38. The summed E-state index contributed by atoms with van der Waals surface area (Å²) in [6, 6.07) is 10.7. The van der Waals surface area contributed by atoms with Gasteiger partial charge in [0.25, 0.3) is 0 Å². The maximum absolute atomic E-state index is 12.8. The highest BCUT2D eigenvalue weighted by Crippen LogP contribution is 2.44. The number of aryl methyl sites for hydroxylation is 1. The van der Waals surface area contributed by atoms with Gasteiger partial charge in [-0.25, -0.2) is 4.98 Å². The minimum atomic E-state index is -1.04. The van der Waals surface area contributed by atoms with Crippen LogP contribution in [0.2, 0.25) is 0 Å². The molecule has 4 aliphatic rings. The molecule has 0 radical (unpaired) electrons. The van der Waals surface area contributed by atoms with Gasteiger partial charge in [-0.15, -0.1) is 0 Å². The number of hydrogen-bond donors (Lipinski definition) is 1. The Morgan fingerprint density at radius 3 is 2.62 bits per heavy atom. The summed E-state index contributed by atoms with van der Waals surface area (Å²) in [5.74, 6) is 2.14. The van der Waals surface area contributed by atoms with E-state index < -0.39 is 10.8 Å². The summed E-state index contributed by atoms with van der Waals surface area (Å²) in [5.41, 5.74) is 3.54. The highest BCUT2D eigenvalue weighted by molar-refractivity contribution is 7.85. The molecule has 0 bridgehead atoms. The number of fused-ring (bicyclic) bond motifs is 1. The minimum Gasteiger partial charge on any atom is -0.381 e. The van der Waals surface area contributed by atoms with Gasteiger partial charge in [-0.05, 0) is 50.2 Å². The van der Waals surface area contributed by atoms with E-state index in [-0.39, 0.29) is 11.5 Å². The molecule has 1 unspecified atom stereocenters. The second-order valence-electron chi connectivity index (χ2n) is 11.0. The lowest BCUT2D eigenvalue weighted by Crippen LogP contribution is -2.44. The third-order valence-electron chi connectivity index (χ3n) is 8.51. The van der Waals surface area contributed by atoms with Crippen LogP contribution in [0.5, 0.6) is 0 Å². The zero-order chi connectivity index (χ0) is 26.7. The second kappa shape index (κ2) is 12.1. The molecule has 6 rings (SSSR count). The zero-order valence-corrected chi connectivity index (χ0v) is 23.9. The van der Waals surface area contributed by atoms with E-state index in [1.54, 1.807) is 0 Å². The monoisotopic (exact) mass is 568 g/mol. The number of nitrogens with zero attached hydrogens (tertiary/aromatic N) is 3. The van der Waals surface area contributed by atoms with Crippen molar-refractivity contribution in [2.75, 3.05) is 48.9 Å². The SMILES string of the molecule is O=S1CCc2nc(N3CCC(COCc4ccccc4)(C4=CC=C(Cl)CC4)CC3)nc(NC3CCOCC3)c21. The van der Waals surface area contributed by atoms with Crippen molar-refractivity contribution in [3.63, 3.8) is 0 Å². The summed E-state index contributed by atoms with van der Waals surface area (Å²) in [7, 11) is -1.04. The van der Waals surface area contributed by atoms with Gasteiger partial charge in [0, 0.05) is 55.0 Å². The number of halogens is 1. The average Bonchev–Trinajstić information content (AvgIpc) is 3.35. The van der Waals surface area contributed by atoms with Gasteiger partial charge in [0.05, 0.1) is 29.7 Å². The molecule has 9 heteroatoms. The Morgan fingerprint density at radius 1 is 1.08 bits per heavy atom. The molecular weight excluding hydrogens is 532 g/mol. The van der Waals surface area contributed by atoms with E-state index in [1.807, 2.05) is 6.07 Å². The van der Waals surface area contributed by atoms with Gasteiger partial charge in [-0.3, -0.25) is 4.21 Å². The molecule has 3 aliphatic heterocycles. The number of aromatic nitrogens is 2. The van der Waals surface area contributed by atoms with Gasteiger partial charge >= 0.3 is 0 Å². The first-order valence-electron chi connectivity index (χ1n) is 14.2. The number of rotatable bonds is 8. The molecule has 2 aromatic rings. The first-order chi connectivity index (χ1) is 19.1. The molecule has 2 fully saturated rings. The highest BCUT2D eigenvalue weighted by Gasteiger charge is 2.39. The molecule has 1 N–H and O–H groups in total. The van der Waals surface area contributed by atoms with Crippen LogP contribution in [0.1, 0.15) is 49.8 Å². The summed E-state index contributed by atoms with van der Waals surface area (Å²) in [4.78, 5) is 13.0. The Kier molecular flexibility index (Phi) is 8.35. The number of anilines is 2. The molecule has 0 spiro atoms. The number of hydrogen-bond acceptors (Lipinski definition) is 7. The van der Waals surface area contributed by atoms with E-state index in [9.17, 15) is 4.21 Å². The number of nitrogens with one attached hydrogen (secondary N) is 1. The standard InChI is InChI=1S/C30H37ClN4O3S/c31-24-8-6-23(7-9-24)30(21-38-20-22-4-2-1-3-5-22)13-15-35(16-14-30)29-33-26-12-19-39(36)27(26)28(34-29)32-25-10-17-37-18-11-25/h1-6,8,25H,7,9-21H2,(H,32,33,34). The summed E-state index contributed by atoms with van der Waals surface area (Å²) in [5, 5.41) is 4.53. The first-order valence-corrected chi connectivity index (χ1v) is 15.9. The number of benzene rings is 1. The Bertz CT molecular complexity index is 1250. The van der Waals surface area contributed by atoms with Crippen molar-refractivity contribution in [1.29, 1.82) is 0 Å². The van der Waals surface area contributed by atoms with Crippen molar-refractivity contribution in [3.8, 4) is 0 Å². The van der Waals surface area contributed by atoms with Gasteiger partial charge in [-0.1, -0.05) is 53.6 Å². The van der Waals surface area contributed by atoms with Crippen LogP contribution in [0.15, 0.2) is 58.0 Å². The van der Waals surface area contributed by atoms with Gasteiger partial charge < -0.3 is 19.7 Å². The fourth-order valence-electron chi connectivity index (χ4n) is 6.14. The molecule has 1 atom stereocenters. The van der Waals surface area contributed by atoms with Crippen molar-refractivity contribution in [2.24, 2.45) is 5.41 Å². The van der Waals surface area contributed by atoms with Crippen molar-refractivity contribution < 1.29 is 13.7 Å². The Labute approximate surface area is 238 Å². The summed E-state index contributed by atoms with van der Waals surface area (Å²) < 4.78 is 24.7. The molecule has 0 saturated carbocycles. The van der Waals surface area contributed by atoms with E-state index in [2.05, 4.69) is 46.6 Å². The molecule has 1 aliphatic carbocycles. The zero-order valence-electron chi connectivity index (χ0n) is 22.4. The normalized spacial score (nSPS) is 23.2. The van der Waals surface area contributed by atoms with E-state index >= 15 is 0 Å². The average molecular weight is 569 g/mol. The third-order valence-corrected chi connectivity index (χ3v) is 10.3. The summed E-state index contributed by atoms with van der Waals surface area (Å²) in [6.45, 7) is 4.50. The molecule has 2 saturated heterocycles. The number of piperidine rings is 1. The third kappa shape index (κ3) is 6.09. The Hall–Kier alpha value is -2.26. The van der Waals surface area contributed by atoms with Crippen LogP contribution in [0.3, 0.4) is 0 Å². The molecule has 39 heavy (non-hydrogen) atoms. The molecular formula is C30H37ClN4O3S. The molecule has 4 heterocycles. The molecule has 1 aromatic heterocycles. The predicted molar refractivity (Wildman–Crippen MR) is 156 cm³/mol. The molecule has 1 aromatic carbocycles. The van der Waals surface area contributed by atoms with Crippen LogP contribution in [0.4, 0.5) is 11.8 Å². The lowest BCUT2D eigenvalue weighted by Gasteiger charge is -2.44.